The highest BCUT2D eigenvalue weighted by Crippen LogP contribution is 2.37. The van der Waals surface area contributed by atoms with Gasteiger partial charge in [0.1, 0.15) is 17.4 Å². The van der Waals surface area contributed by atoms with Gasteiger partial charge in [-0.2, -0.15) is 13.5 Å². The maximum atomic E-state index is 6.05. The van der Waals surface area contributed by atoms with Gasteiger partial charge < -0.3 is 4.18 Å². The Hall–Kier alpha value is -1.40. The van der Waals surface area contributed by atoms with E-state index in [1.54, 1.807) is 13.3 Å². The molecule has 0 saturated heterocycles. The highest BCUT2D eigenvalue weighted by atomic mass is 35.5. The van der Waals surface area contributed by atoms with Gasteiger partial charge in [0.05, 0.1) is 12.8 Å². The van der Waals surface area contributed by atoms with Crippen molar-refractivity contribution in [3.05, 3.63) is 59.9 Å². The van der Waals surface area contributed by atoms with Crippen LogP contribution in [0.4, 0.5) is 5.69 Å². The average Bonchev–Trinajstić information content (AvgIpc) is 2.54. The number of fused-ring (bicyclic) bond motifs is 1. The zero-order valence-electron chi connectivity index (χ0n) is 12.8. The van der Waals surface area contributed by atoms with Crippen molar-refractivity contribution in [2.75, 3.05) is 18.5 Å². The van der Waals surface area contributed by atoms with Crippen LogP contribution in [0.15, 0.2) is 54.7 Å². The van der Waals surface area contributed by atoms with Crippen molar-refractivity contribution in [3.8, 4) is 11.1 Å². The second-order valence-corrected chi connectivity index (χ2v) is 6.24. The summed E-state index contributed by atoms with van der Waals surface area (Å²) in [5.74, 6) is 0. The van der Waals surface area contributed by atoms with Gasteiger partial charge in [-0.3, -0.25) is 4.31 Å². The molecule has 3 rings (SSSR count). The largest absolute Gasteiger partial charge is 0.300 e. The number of aromatic nitrogens is 1. The van der Waals surface area contributed by atoms with E-state index in [0.717, 1.165) is 16.8 Å². The van der Waals surface area contributed by atoms with Crippen LogP contribution in [0.1, 0.15) is 0 Å². The van der Waals surface area contributed by atoms with E-state index in [9.17, 15) is 0 Å². The number of rotatable bonds is 4. The molecule has 0 radical (unpaired) electrons. The third-order valence-electron chi connectivity index (χ3n) is 3.43. The molecule has 3 nitrogen and oxygen atoms in total. The Morgan fingerprint density at radius 1 is 1.09 bits per heavy atom. The number of hydrogen-bond acceptors (Lipinski definition) is 4. The Labute approximate surface area is 152 Å². The minimum atomic E-state index is 0. The molecule has 0 amide bonds. The lowest BCUT2D eigenvalue weighted by atomic mass is 10.00. The molecule has 0 aliphatic rings. The minimum Gasteiger partial charge on any atom is -0.300 e. The maximum absolute atomic E-state index is 6.05. The van der Waals surface area contributed by atoms with Crippen LogP contribution < -0.4 is 4.31 Å². The Morgan fingerprint density at radius 2 is 1.78 bits per heavy atom. The molecule has 6 heteroatoms. The predicted molar refractivity (Wildman–Crippen MR) is 106 cm³/mol. The van der Waals surface area contributed by atoms with E-state index in [0.29, 0.717) is 5.15 Å². The van der Waals surface area contributed by atoms with Gasteiger partial charge in [0.25, 0.3) is 0 Å². The first-order valence-corrected chi connectivity index (χ1v) is 7.86. The standard InChI is InChI=1S/C17H15ClN2OS.H2S/c1-20(22-21-2)16-10-13-6-4-3-5-12(13)9-15(16)14-7-8-19-17(18)11-14;/h3-11H,1-2H3;1H2. The number of pyridine rings is 1. The van der Waals surface area contributed by atoms with E-state index >= 15 is 0 Å². The van der Waals surface area contributed by atoms with E-state index in [2.05, 4.69) is 29.2 Å². The average molecular weight is 365 g/mol. The van der Waals surface area contributed by atoms with Crippen LogP contribution in [0, 0.1) is 0 Å². The van der Waals surface area contributed by atoms with E-state index in [1.165, 1.54) is 23.0 Å². The fourth-order valence-corrected chi connectivity index (χ4v) is 3.07. The lowest BCUT2D eigenvalue weighted by Gasteiger charge is -2.20. The molecule has 1 aromatic heterocycles. The van der Waals surface area contributed by atoms with Gasteiger partial charge in [-0.05, 0) is 40.6 Å². The summed E-state index contributed by atoms with van der Waals surface area (Å²) in [5.41, 5.74) is 3.19. The van der Waals surface area contributed by atoms with Crippen LogP contribution in [0.3, 0.4) is 0 Å². The fourth-order valence-electron chi connectivity index (χ4n) is 2.44. The molecule has 0 unspecified atom stereocenters. The Kier molecular flexibility index (Phi) is 6.18. The zero-order valence-corrected chi connectivity index (χ0v) is 15.4. The molecule has 3 aromatic rings. The predicted octanol–water partition coefficient (Wildman–Crippen LogP) is 5.31. The second-order valence-electron chi connectivity index (χ2n) is 4.82. The molecule has 23 heavy (non-hydrogen) atoms. The zero-order chi connectivity index (χ0) is 15.5. The molecular weight excluding hydrogens is 348 g/mol. The van der Waals surface area contributed by atoms with Gasteiger partial charge in [0.2, 0.25) is 0 Å². The van der Waals surface area contributed by atoms with Crippen molar-refractivity contribution < 1.29 is 4.18 Å². The topological polar surface area (TPSA) is 25.4 Å². The molecule has 0 atom stereocenters. The van der Waals surface area contributed by atoms with Crippen LogP contribution in [0.5, 0.6) is 0 Å². The van der Waals surface area contributed by atoms with Crippen LogP contribution in [0.25, 0.3) is 21.9 Å². The highest BCUT2D eigenvalue weighted by Gasteiger charge is 2.12. The Bertz CT molecular complexity index is 813. The first-order valence-electron chi connectivity index (χ1n) is 6.78. The second kappa shape index (κ2) is 7.93. The third kappa shape index (κ3) is 3.93. The Morgan fingerprint density at radius 3 is 2.43 bits per heavy atom. The fraction of sp³-hybridized carbons (Fsp3) is 0.118. The van der Waals surface area contributed by atoms with Crippen molar-refractivity contribution in [3.63, 3.8) is 0 Å². The summed E-state index contributed by atoms with van der Waals surface area (Å²) in [4.78, 5) is 4.06. The molecule has 0 bridgehead atoms. The van der Waals surface area contributed by atoms with Crippen molar-refractivity contribution in [2.45, 2.75) is 0 Å². The molecule has 0 aliphatic carbocycles. The first kappa shape index (κ1) is 17.9. The maximum Gasteiger partial charge on any atom is 0.129 e. The quantitative estimate of drug-likeness (QED) is 0.355. The normalized spacial score (nSPS) is 10.4. The molecule has 0 spiro atoms. The lowest BCUT2D eigenvalue weighted by molar-refractivity contribution is 0.489. The number of nitrogens with zero attached hydrogens (tertiary/aromatic N) is 2. The molecule has 120 valence electrons. The first-order chi connectivity index (χ1) is 10.7. The van der Waals surface area contributed by atoms with E-state index < -0.39 is 0 Å². The van der Waals surface area contributed by atoms with Crippen molar-refractivity contribution in [1.82, 2.24) is 4.98 Å². The summed E-state index contributed by atoms with van der Waals surface area (Å²) in [7, 11) is 3.63. The summed E-state index contributed by atoms with van der Waals surface area (Å²) in [6.07, 6.45) is 1.72. The van der Waals surface area contributed by atoms with Gasteiger partial charge >= 0.3 is 0 Å². The number of benzene rings is 2. The van der Waals surface area contributed by atoms with E-state index in [4.69, 9.17) is 15.8 Å². The smallest absolute Gasteiger partial charge is 0.129 e. The SMILES string of the molecule is COSN(C)c1cc2ccccc2cc1-c1ccnc(Cl)c1.S. The molecule has 0 fully saturated rings. The molecule has 0 N–H and O–H groups in total. The Balaban J connectivity index is 0.00000192. The van der Waals surface area contributed by atoms with E-state index in [1.807, 2.05) is 35.6 Å². The summed E-state index contributed by atoms with van der Waals surface area (Å²) in [6, 6.07) is 16.5. The van der Waals surface area contributed by atoms with Gasteiger partial charge in [-0.1, -0.05) is 35.9 Å². The van der Waals surface area contributed by atoms with Gasteiger partial charge in [-0.25, -0.2) is 4.98 Å². The van der Waals surface area contributed by atoms with Gasteiger partial charge in [-0.15, -0.1) is 0 Å². The van der Waals surface area contributed by atoms with Crippen molar-refractivity contribution in [2.24, 2.45) is 0 Å². The monoisotopic (exact) mass is 364 g/mol. The summed E-state index contributed by atoms with van der Waals surface area (Å²) in [6.45, 7) is 0. The van der Waals surface area contributed by atoms with Crippen molar-refractivity contribution in [1.29, 1.82) is 0 Å². The van der Waals surface area contributed by atoms with Crippen LogP contribution in [0.2, 0.25) is 5.15 Å². The molecule has 0 saturated carbocycles. The van der Waals surface area contributed by atoms with E-state index in [-0.39, 0.29) is 13.5 Å². The van der Waals surface area contributed by atoms with Crippen LogP contribution in [-0.4, -0.2) is 19.1 Å². The summed E-state index contributed by atoms with van der Waals surface area (Å²) in [5, 5.41) is 2.86. The van der Waals surface area contributed by atoms with Gasteiger partial charge in [0, 0.05) is 18.8 Å². The molecule has 0 aliphatic heterocycles. The van der Waals surface area contributed by atoms with Crippen LogP contribution in [-0.2, 0) is 4.18 Å². The lowest BCUT2D eigenvalue weighted by Crippen LogP contribution is -2.08. The number of halogens is 1. The van der Waals surface area contributed by atoms with Crippen molar-refractivity contribution >= 4 is 53.8 Å². The highest BCUT2D eigenvalue weighted by molar-refractivity contribution is 7.96. The molecular formula is C17H17ClN2OS2. The van der Waals surface area contributed by atoms with Crippen LogP contribution >= 0.6 is 37.3 Å². The third-order valence-corrected chi connectivity index (χ3v) is 4.20. The number of hydrogen-bond donors (Lipinski definition) is 0. The summed E-state index contributed by atoms with van der Waals surface area (Å²) >= 11 is 7.34. The number of anilines is 1. The van der Waals surface area contributed by atoms with Gasteiger partial charge in [0.15, 0.2) is 0 Å². The molecule has 1 heterocycles. The summed E-state index contributed by atoms with van der Waals surface area (Å²) < 4.78 is 7.19. The molecule has 2 aromatic carbocycles. The minimum absolute atomic E-state index is 0.